The Morgan fingerprint density at radius 2 is 2.41 bits per heavy atom. The van der Waals surface area contributed by atoms with Crippen molar-refractivity contribution in [2.75, 3.05) is 6.61 Å². The summed E-state index contributed by atoms with van der Waals surface area (Å²) in [6.45, 7) is 4.26. The molecule has 90 valence electrons. The third kappa shape index (κ3) is 2.72. The fraction of sp³-hybridized carbons (Fsp3) is 0.273. The molecule has 2 rings (SSSR count). The van der Waals surface area contributed by atoms with Crippen LogP contribution in [-0.4, -0.2) is 22.7 Å². The van der Waals surface area contributed by atoms with E-state index in [-0.39, 0.29) is 5.91 Å². The molecule has 2 heterocycles. The van der Waals surface area contributed by atoms with E-state index < -0.39 is 0 Å². The maximum Gasteiger partial charge on any atom is 0.295 e. The van der Waals surface area contributed by atoms with Gasteiger partial charge >= 0.3 is 0 Å². The van der Waals surface area contributed by atoms with E-state index in [1.807, 2.05) is 19.1 Å². The van der Waals surface area contributed by atoms with Gasteiger partial charge in [-0.3, -0.25) is 14.7 Å². The maximum absolute atomic E-state index is 11.5. The van der Waals surface area contributed by atoms with E-state index >= 15 is 0 Å². The minimum Gasteiger partial charge on any atom is -0.276 e. The molecular weight excluding hydrogens is 238 g/mol. The van der Waals surface area contributed by atoms with Crippen LogP contribution in [0.5, 0.6) is 0 Å². The summed E-state index contributed by atoms with van der Waals surface area (Å²) in [4.78, 5) is 18.6. The summed E-state index contributed by atoms with van der Waals surface area (Å²) < 4.78 is 0. The summed E-state index contributed by atoms with van der Waals surface area (Å²) in [7, 11) is 0. The van der Waals surface area contributed by atoms with E-state index in [1.54, 1.807) is 24.3 Å². The van der Waals surface area contributed by atoms with Gasteiger partial charge in [-0.25, -0.2) is 5.48 Å². The van der Waals surface area contributed by atoms with Crippen molar-refractivity contribution in [2.45, 2.75) is 13.8 Å². The SMILES string of the molecule is CCONC(=O)c1cc(-c2ccc(C)s2)[nH]n1. The summed E-state index contributed by atoms with van der Waals surface area (Å²) in [6, 6.07) is 5.73. The van der Waals surface area contributed by atoms with Crippen LogP contribution in [0.25, 0.3) is 10.6 Å². The van der Waals surface area contributed by atoms with Crippen LogP contribution in [0.1, 0.15) is 22.3 Å². The lowest BCUT2D eigenvalue weighted by atomic mass is 10.3. The topological polar surface area (TPSA) is 67.0 Å². The predicted molar refractivity (Wildman–Crippen MR) is 65.7 cm³/mol. The van der Waals surface area contributed by atoms with Crippen LogP contribution in [0, 0.1) is 6.92 Å². The van der Waals surface area contributed by atoms with Crippen molar-refractivity contribution >= 4 is 17.2 Å². The average molecular weight is 251 g/mol. The summed E-state index contributed by atoms with van der Waals surface area (Å²) in [5.41, 5.74) is 3.46. The number of aromatic nitrogens is 2. The van der Waals surface area contributed by atoms with Gasteiger partial charge in [0.25, 0.3) is 5.91 Å². The first-order valence-corrected chi connectivity index (χ1v) is 6.06. The van der Waals surface area contributed by atoms with E-state index in [0.717, 1.165) is 10.6 Å². The quantitative estimate of drug-likeness (QED) is 0.818. The zero-order valence-corrected chi connectivity index (χ0v) is 10.4. The van der Waals surface area contributed by atoms with Crippen LogP contribution in [0.3, 0.4) is 0 Å². The van der Waals surface area contributed by atoms with Crippen molar-refractivity contribution in [3.8, 4) is 10.6 Å². The van der Waals surface area contributed by atoms with Gasteiger partial charge in [0, 0.05) is 4.88 Å². The molecule has 2 aromatic rings. The molecule has 1 amide bonds. The monoisotopic (exact) mass is 251 g/mol. The molecule has 0 fully saturated rings. The molecule has 0 aliphatic heterocycles. The van der Waals surface area contributed by atoms with E-state index in [0.29, 0.717) is 12.3 Å². The van der Waals surface area contributed by atoms with Gasteiger partial charge < -0.3 is 0 Å². The summed E-state index contributed by atoms with van der Waals surface area (Å²) in [6.07, 6.45) is 0. The number of nitrogens with zero attached hydrogens (tertiary/aromatic N) is 1. The van der Waals surface area contributed by atoms with Crippen molar-refractivity contribution < 1.29 is 9.63 Å². The number of aryl methyl sites for hydroxylation is 1. The molecule has 0 unspecified atom stereocenters. The number of carbonyl (C=O) groups excluding carboxylic acids is 1. The van der Waals surface area contributed by atoms with Crippen LogP contribution in [0.15, 0.2) is 18.2 Å². The van der Waals surface area contributed by atoms with Gasteiger partial charge in [0.1, 0.15) is 0 Å². The highest BCUT2D eigenvalue weighted by Crippen LogP contribution is 2.26. The highest BCUT2D eigenvalue weighted by Gasteiger charge is 2.11. The molecule has 0 radical (unpaired) electrons. The van der Waals surface area contributed by atoms with Gasteiger partial charge in [-0.15, -0.1) is 11.3 Å². The number of hydroxylamine groups is 1. The molecule has 6 heteroatoms. The fourth-order valence-electron chi connectivity index (χ4n) is 1.33. The number of hydrogen-bond acceptors (Lipinski definition) is 4. The molecule has 0 aliphatic rings. The molecule has 0 saturated carbocycles. The van der Waals surface area contributed by atoms with Crippen LogP contribution < -0.4 is 5.48 Å². The molecule has 2 N–H and O–H groups in total. The summed E-state index contributed by atoms with van der Waals surface area (Å²) in [5.74, 6) is -0.345. The zero-order valence-electron chi connectivity index (χ0n) is 9.61. The Kier molecular flexibility index (Phi) is 3.55. The number of aromatic amines is 1. The Morgan fingerprint density at radius 1 is 1.59 bits per heavy atom. The second-order valence-electron chi connectivity index (χ2n) is 3.44. The molecule has 0 aromatic carbocycles. The van der Waals surface area contributed by atoms with Gasteiger partial charge in [-0.2, -0.15) is 5.10 Å². The van der Waals surface area contributed by atoms with Gasteiger partial charge in [0.15, 0.2) is 5.69 Å². The third-order valence-corrected chi connectivity index (χ3v) is 3.16. The lowest BCUT2D eigenvalue weighted by Gasteiger charge is -1.99. The number of nitrogens with one attached hydrogen (secondary N) is 2. The van der Waals surface area contributed by atoms with Gasteiger partial charge in [-0.1, -0.05) is 0 Å². The molecule has 0 saturated heterocycles. The molecule has 0 spiro atoms. The average Bonchev–Trinajstić information content (AvgIpc) is 2.93. The van der Waals surface area contributed by atoms with E-state index in [9.17, 15) is 4.79 Å². The smallest absolute Gasteiger partial charge is 0.276 e. The first-order chi connectivity index (χ1) is 8.20. The molecule has 0 atom stereocenters. The molecule has 17 heavy (non-hydrogen) atoms. The molecule has 2 aromatic heterocycles. The van der Waals surface area contributed by atoms with Crippen molar-refractivity contribution in [1.29, 1.82) is 0 Å². The lowest BCUT2D eigenvalue weighted by molar-refractivity contribution is 0.0360. The van der Waals surface area contributed by atoms with Crippen LogP contribution >= 0.6 is 11.3 Å². The van der Waals surface area contributed by atoms with Crippen molar-refractivity contribution in [3.63, 3.8) is 0 Å². The molecule has 0 aliphatic carbocycles. The predicted octanol–water partition coefficient (Wildman–Crippen LogP) is 2.13. The third-order valence-electron chi connectivity index (χ3n) is 2.13. The van der Waals surface area contributed by atoms with Gasteiger partial charge in [0.2, 0.25) is 0 Å². The van der Waals surface area contributed by atoms with E-state index in [1.165, 1.54) is 4.88 Å². The Hall–Kier alpha value is -1.66. The normalized spacial score (nSPS) is 10.5. The fourth-order valence-corrected chi connectivity index (χ4v) is 2.17. The van der Waals surface area contributed by atoms with Crippen LogP contribution in [0.4, 0.5) is 0 Å². The lowest BCUT2D eigenvalue weighted by Crippen LogP contribution is -2.23. The number of H-pyrrole nitrogens is 1. The Bertz CT molecular complexity index is 518. The van der Waals surface area contributed by atoms with Crippen molar-refractivity contribution in [1.82, 2.24) is 15.7 Å². The number of thiophene rings is 1. The number of hydrogen-bond donors (Lipinski definition) is 2. The van der Waals surface area contributed by atoms with Crippen molar-refractivity contribution in [2.24, 2.45) is 0 Å². The Morgan fingerprint density at radius 3 is 3.06 bits per heavy atom. The number of carbonyl (C=O) groups is 1. The Balaban J connectivity index is 2.13. The standard InChI is InChI=1S/C11H13N3O2S/c1-3-16-14-11(15)9-6-8(12-13-9)10-5-4-7(2)17-10/h4-6H,3H2,1-2H3,(H,12,13)(H,14,15). The number of rotatable bonds is 4. The first-order valence-electron chi connectivity index (χ1n) is 5.25. The highest BCUT2D eigenvalue weighted by molar-refractivity contribution is 7.15. The zero-order chi connectivity index (χ0) is 12.3. The molecular formula is C11H13N3O2S. The van der Waals surface area contributed by atoms with Gasteiger partial charge in [0.05, 0.1) is 17.2 Å². The molecule has 0 bridgehead atoms. The first kappa shape index (κ1) is 11.8. The molecule has 5 nitrogen and oxygen atoms in total. The minimum atomic E-state index is -0.345. The van der Waals surface area contributed by atoms with E-state index in [4.69, 9.17) is 4.84 Å². The number of amides is 1. The highest BCUT2D eigenvalue weighted by atomic mass is 32.1. The summed E-state index contributed by atoms with van der Waals surface area (Å²) in [5, 5.41) is 6.78. The van der Waals surface area contributed by atoms with Crippen molar-refractivity contribution in [3.05, 3.63) is 28.8 Å². The second-order valence-corrected chi connectivity index (χ2v) is 4.73. The van der Waals surface area contributed by atoms with E-state index in [2.05, 4.69) is 15.7 Å². The Labute approximate surface area is 103 Å². The van der Waals surface area contributed by atoms with Gasteiger partial charge in [-0.05, 0) is 32.0 Å². The summed E-state index contributed by atoms with van der Waals surface area (Å²) >= 11 is 1.65. The largest absolute Gasteiger partial charge is 0.295 e. The van der Waals surface area contributed by atoms with Crippen LogP contribution in [0.2, 0.25) is 0 Å². The maximum atomic E-state index is 11.5. The second kappa shape index (κ2) is 5.11. The van der Waals surface area contributed by atoms with Crippen LogP contribution in [-0.2, 0) is 4.84 Å². The minimum absolute atomic E-state index is 0.319.